The van der Waals surface area contributed by atoms with Crippen molar-refractivity contribution in [1.82, 2.24) is 4.98 Å². The highest BCUT2D eigenvalue weighted by Crippen LogP contribution is 2.13. The maximum atomic E-state index is 12.6. The molecule has 2 aromatic rings. The molecule has 0 aliphatic heterocycles. The zero-order valence-corrected chi connectivity index (χ0v) is 10.9. The molecule has 0 saturated heterocycles. The first-order valence-corrected chi connectivity index (χ1v) is 5.93. The number of hydrogen-bond donors (Lipinski definition) is 1. The van der Waals surface area contributed by atoms with E-state index in [1.165, 1.54) is 11.3 Å². The van der Waals surface area contributed by atoms with Crippen molar-refractivity contribution in [3.8, 4) is 0 Å². The Kier molecular flexibility index (Phi) is 5.18. The Labute approximate surface area is 111 Å². The summed E-state index contributed by atoms with van der Waals surface area (Å²) in [5, 5.41) is -0.474. The van der Waals surface area contributed by atoms with E-state index in [1.807, 2.05) is 6.92 Å². The summed E-state index contributed by atoms with van der Waals surface area (Å²) in [5.41, 5.74) is 4.59. The van der Waals surface area contributed by atoms with E-state index in [2.05, 4.69) is 4.98 Å². The Hall–Kier alpha value is -1.53. The van der Waals surface area contributed by atoms with E-state index in [-0.39, 0.29) is 0 Å². The summed E-state index contributed by atoms with van der Waals surface area (Å²) in [7, 11) is 0. The molecule has 0 radical (unpaired) electrons. The van der Waals surface area contributed by atoms with Crippen molar-refractivity contribution >= 4 is 33.3 Å². The molecule has 96 valence electrons. The first-order valence-electron chi connectivity index (χ1n) is 4.73. The number of aromatic nitrogens is 1. The molecule has 0 fully saturated rings. The molecule has 0 atom stereocenters. The molecule has 1 heterocycles. The van der Waals surface area contributed by atoms with Crippen LogP contribution in [-0.4, -0.2) is 10.2 Å². The molecule has 2 N–H and O–H groups in total. The van der Waals surface area contributed by atoms with Crippen LogP contribution in [0.4, 0.5) is 13.9 Å². The number of carbonyl (C=O) groups excluding carboxylic acids is 1. The van der Waals surface area contributed by atoms with Gasteiger partial charge in [0, 0.05) is 11.1 Å². The molecule has 0 saturated carbocycles. The van der Waals surface area contributed by atoms with Gasteiger partial charge in [0.1, 0.15) is 17.2 Å². The lowest BCUT2D eigenvalue weighted by Gasteiger charge is -1.96. The van der Waals surface area contributed by atoms with Crippen LogP contribution in [0.15, 0.2) is 24.4 Å². The fourth-order valence-electron chi connectivity index (χ4n) is 1.06. The lowest BCUT2D eigenvalue weighted by atomic mass is 10.2. The van der Waals surface area contributed by atoms with Gasteiger partial charge in [0.15, 0.2) is 5.13 Å². The van der Waals surface area contributed by atoms with Crippen molar-refractivity contribution in [2.24, 2.45) is 0 Å². The fourth-order valence-corrected chi connectivity index (χ4v) is 1.78. The van der Waals surface area contributed by atoms with Gasteiger partial charge in [-0.2, -0.15) is 0 Å². The quantitative estimate of drug-likeness (QED) is 0.819. The third-order valence-corrected chi connectivity index (χ3v) is 2.73. The van der Waals surface area contributed by atoms with Gasteiger partial charge in [-0.1, -0.05) is 6.07 Å². The molecular formula is C11H9ClF2N2OS. The van der Waals surface area contributed by atoms with Gasteiger partial charge >= 0.3 is 0 Å². The fraction of sp³-hybridized carbons (Fsp3) is 0.0909. The zero-order chi connectivity index (χ0) is 13.7. The molecule has 0 unspecified atom stereocenters. The molecule has 2 rings (SSSR count). The van der Waals surface area contributed by atoms with Gasteiger partial charge < -0.3 is 5.73 Å². The number of benzene rings is 1. The largest absolute Gasteiger partial charge is 0.375 e. The Morgan fingerprint density at radius 3 is 2.17 bits per heavy atom. The van der Waals surface area contributed by atoms with Crippen molar-refractivity contribution in [3.05, 3.63) is 46.5 Å². The van der Waals surface area contributed by atoms with E-state index in [0.717, 1.165) is 23.1 Å². The molecule has 18 heavy (non-hydrogen) atoms. The lowest BCUT2D eigenvalue weighted by Crippen LogP contribution is -1.98. The first-order chi connectivity index (χ1) is 8.41. The van der Waals surface area contributed by atoms with Crippen molar-refractivity contribution in [1.29, 1.82) is 0 Å². The van der Waals surface area contributed by atoms with Crippen LogP contribution in [0.5, 0.6) is 0 Å². The molecule has 0 aliphatic rings. The number of thiazole rings is 1. The van der Waals surface area contributed by atoms with Crippen LogP contribution in [0.3, 0.4) is 0 Å². The van der Waals surface area contributed by atoms with Crippen LogP contribution in [0.25, 0.3) is 0 Å². The molecular weight excluding hydrogens is 282 g/mol. The minimum Gasteiger partial charge on any atom is -0.375 e. The highest BCUT2D eigenvalue weighted by atomic mass is 35.5. The van der Waals surface area contributed by atoms with Gasteiger partial charge in [0.2, 0.25) is 0 Å². The lowest BCUT2D eigenvalue weighted by molar-refractivity contribution is 0.107. The van der Waals surface area contributed by atoms with Crippen LogP contribution in [0, 0.1) is 18.6 Å². The van der Waals surface area contributed by atoms with Crippen molar-refractivity contribution < 1.29 is 13.6 Å². The van der Waals surface area contributed by atoms with Crippen LogP contribution in [0.2, 0.25) is 0 Å². The van der Waals surface area contributed by atoms with E-state index in [1.54, 1.807) is 6.20 Å². The molecule has 3 nitrogen and oxygen atoms in total. The Bertz CT molecular complexity index is 523. The number of nitrogens with two attached hydrogens (primary N) is 1. The van der Waals surface area contributed by atoms with Gasteiger partial charge in [0.05, 0.1) is 0 Å². The van der Waals surface area contributed by atoms with Crippen molar-refractivity contribution in [2.45, 2.75) is 6.92 Å². The summed E-state index contributed by atoms with van der Waals surface area (Å²) in [6.45, 7) is 1.98. The second kappa shape index (κ2) is 6.42. The molecule has 0 amide bonds. The predicted octanol–water partition coefficient (Wildman–Crippen LogP) is 3.38. The number of nitrogen functional groups attached to an aromatic ring is 1. The normalized spacial score (nSPS) is 9.56. The standard InChI is InChI=1S/C7H3ClF2O.C4H6N2S/c8-7(11)6-4(9)2-1-3-5(6)10;1-3-2-6-4(5)7-3/h1-3H;2H,1H3,(H2,5,6). The topological polar surface area (TPSA) is 56.0 Å². The summed E-state index contributed by atoms with van der Waals surface area (Å²) >= 11 is 6.40. The minimum atomic E-state index is -1.12. The number of halogens is 3. The van der Waals surface area contributed by atoms with Crippen molar-refractivity contribution in [3.63, 3.8) is 0 Å². The number of rotatable bonds is 1. The van der Waals surface area contributed by atoms with Gasteiger partial charge in [0.25, 0.3) is 5.24 Å². The monoisotopic (exact) mass is 290 g/mol. The third-order valence-electron chi connectivity index (χ3n) is 1.80. The number of carbonyl (C=O) groups is 1. The number of aryl methyl sites for hydroxylation is 1. The second-order valence-electron chi connectivity index (χ2n) is 3.18. The summed E-state index contributed by atoms with van der Waals surface area (Å²) in [4.78, 5) is 15.3. The number of nitrogens with zero attached hydrogens (tertiary/aromatic N) is 1. The Morgan fingerprint density at radius 2 is 1.94 bits per heavy atom. The maximum Gasteiger partial charge on any atom is 0.258 e. The summed E-state index contributed by atoms with van der Waals surface area (Å²) in [6.07, 6.45) is 1.76. The van der Waals surface area contributed by atoms with Crippen LogP contribution < -0.4 is 5.73 Å². The highest BCUT2D eigenvalue weighted by Gasteiger charge is 2.13. The van der Waals surface area contributed by atoms with Crippen LogP contribution in [-0.2, 0) is 0 Å². The van der Waals surface area contributed by atoms with Gasteiger partial charge in [-0.3, -0.25) is 4.79 Å². The van der Waals surface area contributed by atoms with E-state index in [9.17, 15) is 13.6 Å². The summed E-state index contributed by atoms with van der Waals surface area (Å²) in [6, 6.07) is 3.10. The van der Waals surface area contributed by atoms with E-state index >= 15 is 0 Å². The van der Waals surface area contributed by atoms with E-state index in [0.29, 0.717) is 5.13 Å². The molecule has 0 bridgehead atoms. The number of anilines is 1. The van der Waals surface area contributed by atoms with Gasteiger partial charge in [-0.15, -0.1) is 11.3 Å². The van der Waals surface area contributed by atoms with Crippen LogP contribution in [0.1, 0.15) is 15.2 Å². The van der Waals surface area contributed by atoms with E-state index < -0.39 is 22.4 Å². The second-order valence-corrected chi connectivity index (χ2v) is 4.79. The summed E-state index contributed by atoms with van der Waals surface area (Å²) in [5.74, 6) is -1.88. The first kappa shape index (κ1) is 14.5. The van der Waals surface area contributed by atoms with Crippen LogP contribution >= 0.6 is 22.9 Å². The Morgan fingerprint density at radius 1 is 1.39 bits per heavy atom. The van der Waals surface area contributed by atoms with Crippen molar-refractivity contribution in [2.75, 3.05) is 5.73 Å². The molecule has 0 spiro atoms. The average Bonchev–Trinajstić information content (AvgIpc) is 2.62. The SMILES string of the molecule is Cc1cnc(N)s1.O=C(Cl)c1c(F)cccc1F. The predicted molar refractivity (Wildman–Crippen MR) is 67.8 cm³/mol. The molecule has 7 heteroatoms. The third kappa shape index (κ3) is 4.05. The average molecular weight is 291 g/mol. The Balaban J connectivity index is 0.000000199. The molecule has 0 aliphatic carbocycles. The smallest absolute Gasteiger partial charge is 0.258 e. The van der Waals surface area contributed by atoms with Gasteiger partial charge in [-0.05, 0) is 30.7 Å². The van der Waals surface area contributed by atoms with Gasteiger partial charge in [-0.25, -0.2) is 13.8 Å². The molecule has 1 aromatic carbocycles. The van der Waals surface area contributed by atoms with E-state index in [4.69, 9.17) is 17.3 Å². The highest BCUT2D eigenvalue weighted by molar-refractivity contribution is 7.15. The number of hydrogen-bond acceptors (Lipinski definition) is 4. The summed E-state index contributed by atoms with van der Waals surface area (Å²) < 4.78 is 25.1. The minimum absolute atomic E-state index is 0.650. The molecule has 1 aromatic heterocycles. The zero-order valence-electron chi connectivity index (χ0n) is 9.28. The maximum absolute atomic E-state index is 12.6.